The molecule has 24 heavy (non-hydrogen) atoms. The number of hydrogen-bond donors (Lipinski definition) is 2. The van der Waals surface area contributed by atoms with Gasteiger partial charge in [0.05, 0.1) is 10.6 Å². The standard InChI is InChI=1S/C15H11BrIN3O3S/c1-8-2-3-9(6-12(8)17)14(21)19-15(24)18-13-5-4-10(20(22)23)7-11(13)16/h2-7H,1H3,(H2,18,19,21,24). The van der Waals surface area contributed by atoms with Crippen LogP contribution in [0.4, 0.5) is 11.4 Å². The Morgan fingerprint density at radius 2 is 2.00 bits per heavy atom. The minimum atomic E-state index is -0.492. The molecule has 0 spiro atoms. The average Bonchev–Trinajstić information content (AvgIpc) is 2.51. The Balaban J connectivity index is 2.06. The van der Waals surface area contributed by atoms with Crippen LogP contribution in [0.3, 0.4) is 0 Å². The fourth-order valence-electron chi connectivity index (χ4n) is 1.78. The maximum atomic E-state index is 12.2. The summed E-state index contributed by atoms with van der Waals surface area (Å²) in [5, 5.41) is 16.2. The van der Waals surface area contributed by atoms with Crippen molar-refractivity contribution in [2.45, 2.75) is 6.92 Å². The number of amides is 1. The summed E-state index contributed by atoms with van der Waals surface area (Å²) < 4.78 is 1.45. The van der Waals surface area contributed by atoms with Crippen molar-refractivity contribution >= 4 is 73.1 Å². The van der Waals surface area contributed by atoms with E-state index in [1.165, 1.54) is 18.2 Å². The topological polar surface area (TPSA) is 84.3 Å². The number of benzene rings is 2. The Bertz CT molecular complexity index is 845. The third-order valence-electron chi connectivity index (χ3n) is 3.07. The third kappa shape index (κ3) is 4.71. The molecule has 0 atom stereocenters. The molecule has 0 saturated carbocycles. The minimum absolute atomic E-state index is 0.0448. The van der Waals surface area contributed by atoms with E-state index < -0.39 is 4.92 Å². The molecule has 0 aliphatic rings. The van der Waals surface area contributed by atoms with Crippen LogP contribution in [-0.4, -0.2) is 15.9 Å². The molecule has 124 valence electrons. The molecule has 6 nitrogen and oxygen atoms in total. The molecule has 0 unspecified atom stereocenters. The summed E-state index contributed by atoms with van der Waals surface area (Å²) in [6.07, 6.45) is 0. The van der Waals surface area contributed by atoms with Gasteiger partial charge in [0.2, 0.25) is 0 Å². The maximum absolute atomic E-state index is 12.2. The van der Waals surface area contributed by atoms with Gasteiger partial charge in [-0.2, -0.15) is 0 Å². The molecule has 0 bridgehead atoms. The monoisotopic (exact) mass is 519 g/mol. The summed E-state index contributed by atoms with van der Waals surface area (Å²) in [5.41, 5.74) is 2.06. The normalized spacial score (nSPS) is 10.1. The molecule has 0 aliphatic heterocycles. The van der Waals surface area contributed by atoms with Gasteiger partial charge in [-0.3, -0.25) is 20.2 Å². The Hall–Kier alpha value is -1.59. The van der Waals surface area contributed by atoms with Crippen LogP contribution in [0.15, 0.2) is 40.9 Å². The number of nitro groups is 1. The van der Waals surface area contributed by atoms with Gasteiger partial charge in [0.1, 0.15) is 0 Å². The lowest BCUT2D eigenvalue weighted by atomic mass is 10.1. The van der Waals surface area contributed by atoms with Gasteiger partial charge in [0.25, 0.3) is 11.6 Å². The summed E-state index contributed by atoms with van der Waals surface area (Å²) >= 11 is 10.5. The number of carbonyl (C=O) groups excluding carboxylic acids is 1. The maximum Gasteiger partial charge on any atom is 0.270 e. The zero-order valence-corrected chi connectivity index (χ0v) is 16.9. The molecule has 0 aliphatic carbocycles. The van der Waals surface area contributed by atoms with Crippen molar-refractivity contribution in [3.63, 3.8) is 0 Å². The molecule has 0 saturated heterocycles. The zero-order chi connectivity index (χ0) is 17.9. The van der Waals surface area contributed by atoms with Crippen LogP contribution in [0.25, 0.3) is 0 Å². The largest absolute Gasteiger partial charge is 0.331 e. The molecule has 2 rings (SSSR count). The first-order valence-corrected chi connectivity index (χ1v) is 8.88. The van der Waals surface area contributed by atoms with Crippen LogP contribution < -0.4 is 10.6 Å². The van der Waals surface area contributed by atoms with E-state index in [4.69, 9.17) is 12.2 Å². The fourth-order valence-corrected chi connectivity index (χ4v) is 2.97. The van der Waals surface area contributed by atoms with Crippen molar-refractivity contribution in [3.8, 4) is 0 Å². The van der Waals surface area contributed by atoms with Crippen molar-refractivity contribution in [3.05, 3.63) is 65.7 Å². The summed E-state index contributed by atoms with van der Waals surface area (Å²) in [6.45, 7) is 1.96. The highest BCUT2D eigenvalue weighted by atomic mass is 127. The number of nitrogens with zero attached hydrogens (tertiary/aromatic N) is 1. The number of halogens is 2. The van der Waals surface area contributed by atoms with Crippen molar-refractivity contribution in [1.29, 1.82) is 0 Å². The lowest BCUT2D eigenvalue weighted by molar-refractivity contribution is -0.384. The van der Waals surface area contributed by atoms with Crippen molar-refractivity contribution < 1.29 is 9.72 Å². The van der Waals surface area contributed by atoms with E-state index in [2.05, 4.69) is 49.2 Å². The molecule has 2 aromatic rings. The van der Waals surface area contributed by atoms with E-state index in [0.29, 0.717) is 15.7 Å². The minimum Gasteiger partial charge on any atom is -0.331 e. The molecule has 0 heterocycles. The Morgan fingerprint density at radius 1 is 1.29 bits per heavy atom. The van der Waals surface area contributed by atoms with Crippen LogP contribution >= 0.6 is 50.7 Å². The number of nitro benzene ring substituents is 1. The highest BCUT2D eigenvalue weighted by Crippen LogP contribution is 2.27. The van der Waals surface area contributed by atoms with Crippen LogP contribution in [-0.2, 0) is 0 Å². The van der Waals surface area contributed by atoms with Crippen molar-refractivity contribution in [1.82, 2.24) is 5.32 Å². The number of carbonyl (C=O) groups is 1. The predicted octanol–water partition coefficient (Wildman–Crippen LogP) is 4.40. The van der Waals surface area contributed by atoms with Gasteiger partial charge in [0.15, 0.2) is 5.11 Å². The van der Waals surface area contributed by atoms with E-state index in [9.17, 15) is 14.9 Å². The summed E-state index contributed by atoms with van der Waals surface area (Å²) in [6, 6.07) is 9.57. The van der Waals surface area contributed by atoms with Crippen molar-refractivity contribution in [2.24, 2.45) is 0 Å². The number of nitrogens with one attached hydrogen (secondary N) is 2. The van der Waals surface area contributed by atoms with Gasteiger partial charge in [-0.05, 0) is 81.4 Å². The van der Waals surface area contributed by atoms with Gasteiger partial charge in [-0.25, -0.2) is 0 Å². The summed E-state index contributed by atoms with van der Waals surface area (Å²) in [4.78, 5) is 22.4. The van der Waals surface area contributed by atoms with Crippen LogP contribution in [0.2, 0.25) is 0 Å². The van der Waals surface area contributed by atoms with Gasteiger partial charge in [-0.1, -0.05) is 6.07 Å². The molecular formula is C15H11BrIN3O3S. The molecule has 2 aromatic carbocycles. The highest BCUT2D eigenvalue weighted by Gasteiger charge is 2.12. The number of non-ortho nitro benzene ring substituents is 1. The predicted molar refractivity (Wildman–Crippen MR) is 108 cm³/mol. The second kappa shape index (κ2) is 7.99. The number of anilines is 1. The zero-order valence-electron chi connectivity index (χ0n) is 12.3. The molecule has 0 radical (unpaired) electrons. The third-order valence-corrected chi connectivity index (χ3v) is 5.10. The average molecular weight is 520 g/mol. The fraction of sp³-hybridized carbons (Fsp3) is 0.0667. The van der Waals surface area contributed by atoms with E-state index in [-0.39, 0.29) is 16.7 Å². The molecular weight excluding hydrogens is 509 g/mol. The van der Waals surface area contributed by atoms with Crippen LogP contribution in [0.5, 0.6) is 0 Å². The molecule has 9 heteroatoms. The number of thiocarbonyl (C=S) groups is 1. The van der Waals surface area contributed by atoms with E-state index in [1.54, 1.807) is 12.1 Å². The van der Waals surface area contributed by atoms with E-state index >= 15 is 0 Å². The van der Waals surface area contributed by atoms with E-state index in [0.717, 1.165) is 9.13 Å². The van der Waals surface area contributed by atoms with Gasteiger partial charge >= 0.3 is 0 Å². The Labute approximate surface area is 165 Å². The number of hydrogen-bond acceptors (Lipinski definition) is 4. The first-order chi connectivity index (χ1) is 11.3. The quantitative estimate of drug-likeness (QED) is 0.272. The molecule has 0 fully saturated rings. The van der Waals surface area contributed by atoms with Gasteiger partial charge < -0.3 is 5.32 Å². The second-order valence-corrected chi connectivity index (χ2v) is 7.22. The SMILES string of the molecule is Cc1ccc(C(=O)NC(=S)Nc2ccc([N+](=O)[O-])cc2Br)cc1I. The Kier molecular flexibility index (Phi) is 6.24. The molecule has 0 aromatic heterocycles. The number of aryl methyl sites for hydroxylation is 1. The second-order valence-electron chi connectivity index (χ2n) is 4.79. The summed E-state index contributed by atoms with van der Waals surface area (Å²) in [7, 11) is 0. The lowest BCUT2D eigenvalue weighted by Gasteiger charge is -2.11. The number of rotatable bonds is 3. The van der Waals surface area contributed by atoms with Gasteiger partial charge in [-0.15, -0.1) is 0 Å². The molecule has 1 amide bonds. The van der Waals surface area contributed by atoms with Crippen LogP contribution in [0.1, 0.15) is 15.9 Å². The highest BCUT2D eigenvalue weighted by molar-refractivity contribution is 14.1. The Morgan fingerprint density at radius 3 is 2.58 bits per heavy atom. The van der Waals surface area contributed by atoms with Crippen molar-refractivity contribution in [2.75, 3.05) is 5.32 Å². The summed E-state index contributed by atoms with van der Waals surface area (Å²) in [5.74, 6) is -0.330. The first kappa shape index (κ1) is 18.7. The van der Waals surface area contributed by atoms with E-state index in [1.807, 2.05) is 13.0 Å². The molecule has 2 N–H and O–H groups in total. The smallest absolute Gasteiger partial charge is 0.270 e. The van der Waals surface area contributed by atoms with Gasteiger partial charge in [0, 0.05) is 25.7 Å². The first-order valence-electron chi connectivity index (χ1n) is 6.60. The lowest BCUT2D eigenvalue weighted by Crippen LogP contribution is -2.34. The van der Waals surface area contributed by atoms with Crippen LogP contribution in [0, 0.1) is 20.6 Å².